The number of benzene rings is 1. The van der Waals surface area contributed by atoms with E-state index < -0.39 is 33.0 Å². The van der Waals surface area contributed by atoms with E-state index in [4.69, 9.17) is 4.55 Å². The molecule has 0 heterocycles. The van der Waals surface area contributed by atoms with E-state index in [0.717, 1.165) is 6.26 Å². The molecular weight excluding hydrogens is 306 g/mol. The second-order valence-electron chi connectivity index (χ2n) is 4.28. The van der Waals surface area contributed by atoms with Gasteiger partial charge in [-0.05, 0) is 29.0 Å². The van der Waals surface area contributed by atoms with Gasteiger partial charge in [-0.15, -0.1) is 0 Å². The molecular formula is C11H15NO6S2. The molecule has 9 heteroatoms. The van der Waals surface area contributed by atoms with Crippen LogP contribution in [0.1, 0.15) is 12.5 Å². The molecule has 1 aromatic carbocycles. The maximum Gasteiger partial charge on any atom is 0.329 e. The lowest BCUT2D eigenvalue weighted by Gasteiger charge is -2.10. The molecule has 7 nitrogen and oxygen atoms in total. The van der Waals surface area contributed by atoms with E-state index in [2.05, 4.69) is 4.84 Å². The molecule has 1 aromatic rings. The molecule has 0 saturated carbocycles. The van der Waals surface area contributed by atoms with Crippen molar-refractivity contribution in [2.45, 2.75) is 18.2 Å². The van der Waals surface area contributed by atoms with Crippen molar-refractivity contribution in [2.24, 2.45) is 5.92 Å². The van der Waals surface area contributed by atoms with E-state index >= 15 is 0 Å². The highest BCUT2D eigenvalue weighted by molar-refractivity contribution is 7.90. The Kier molecular flexibility index (Phi) is 5.81. The fourth-order valence-electron chi connectivity index (χ4n) is 1.52. The quantitative estimate of drug-likeness (QED) is 0.581. The van der Waals surface area contributed by atoms with E-state index in [0.29, 0.717) is 5.56 Å². The van der Waals surface area contributed by atoms with Crippen LogP contribution in [0.2, 0.25) is 0 Å². The molecule has 112 valence electrons. The van der Waals surface area contributed by atoms with Gasteiger partial charge in [0, 0.05) is 6.26 Å². The highest BCUT2D eigenvalue weighted by Crippen LogP contribution is 2.15. The van der Waals surface area contributed by atoms with Crippen molar-refractivity contribution >= 4 is 27.1 Å². The Morgan fingerprint density at radius 2 is 2.15 bits per heavy atom. The molecule has 20 heavy (non-hydrogen) atoms. The van der Waals surface area contributed by atoms with Crippen molar-refractivity contribution in [3.63, 3.8) is 0 Å². The molecule has 0 fully saturated rings. The van der Waals surface area contributed by atoms with Gasteiger partial charge >= 0.3 is 5.97 Å². The van der Waals surface area contributed by atoms with Crippen LogP contribution < -0.4 is 4.89 Å². The van der Waals surface area contributed by atoms with Crippen molar-refractivity contribution in [1.29, 1.82) is 0 Å². The third kappa shape index (κ3) is 5.37. The zero-order valence-corrected chi connectivity index (χ0v) is 12.5. The van der Waals surface area contributed by atoms with Crippen molar-refractivity contribution in [3.05, 3.63) is 29.8 Å². The minimum atomic E-state index is -3.30. The smallest absolute Gasteiger partial charge is 0.329 e. The molecule has 2 unspecified atom stereocenters. The molecule has 1 rings (SSSR count). The fraction of sp³-hybridized carbons (Fsp3) is 0.364. The maximum absolute atomic E-state index is 11.5. The van der Waals surface area contributed by atoms with E-state index in [9.17, 15) is 17.4 Å². The lowest BCUT2D eigenvalue weighted by atomic mass is 10.0. The number of hydrogen-bond donors (Lipinski definition) is 2. The van der Waals surface area contributed by atoms with Gasteiger partial charge in [0.15, 0.2) is 9.84 Å². The minimum Gasteiger partial charge on any atom is -0.356 e. The Morgan fingerprint density at radius 3 is 2.70 bits per heavy atom. The van der Waals surface area contributed by atoms with E-state index in [-0.39, 0.29) is 11.3 Å². The molecule has 0 aliphatic rings. The Balaban J connectivity index is 2.73. The summed E-state index contributed by atoms with van der Waals surface area (Å²) in [6.07, 6.45) is 1.35. The van der Waals surface area contributed by atoms with Crippen molar-refractivity contribution in [2.75, 3.05) is 6.26 Å². The molecule has 0 aromatic heterocycles. The molecule has 0 saturated heterocycles. The molecule has 0 radical (unpaired) electrons. The SMILES string of the molecule is CC(Cc1cccc(S(C)(=O)=O)c1)C(=O)ONS(=O)O. The summed E-state index contributed by atoms with van der Waals surface area (Å²) < 4.78 is 41.5. The molecule has 0 aliphatic carbocycles. The second-order valence-corrected chi connectivity index (χ2v) is 6.96. The summed E-state index contributed by atoms with van der Waals surface area (Å²) in [4.78, 5) is 17.7. The lowest BCUT2D eigenvalue weighted by molar-refractivity contribution is -0.151. The first kappa shape index (κ1) is 16.8. The highest BCUT2D eigenvalue weighted by atomic mass is 32.2. The van der Waals surface area contributed by atoms with Crippen LogP contribution in [0.5, 0.6) is 0 Å². The Bertz CT molecular complexity index is 613. The van der Waals surface area contributed by atoms with Crippen molar-refractivity contribution in [3.8, 4) is 0 Å². The van der Waals surface area contributed by atoms with Gasteiger partial charge in [0.05, 0.1) is 10.8 Å². The van der Waals surface area contributed by atoms with Gasteiger partial charge in [-0.1, -0.05) is 19.1 Å². The topological polar surface area (TPSA) is 110 Å². The van der Waals surface area contributed by atoms with Gasteiger partial charge in [-0.2, -0.15) is 0 Å². The minimum absolute atomic E-state index is 0.171. The molecule has 2 atom stereocenters. The predicted octanol–water partition coefficient (Wildman–Crippen LogP) is 0.453. The number of carbonyl (C=O) groups excluding carboxylic acids is 1. The summed E-state index contributed by atoms with van der Waals surface area (Å²) in [6.45, 7) is 1.57. The average molecular weight is 321 g/mol. The zero-order valence-electron chi connectivity index (χ0n) is 10.9. The number of hydrogen-bond acceptors (Lipinski definition) is 5. The van der Waals surface area contributed by atoms with Crippen LogP contribution in [0.3, 0.4) is 0 Å². The molecule has 0 aliphatic heterocycles. The van der Waals surface area contributed by atoms with Gasteiger partial charge in [0.1, 0.15) is 0 Å². The Labute approximate surface area is 119 Å². The van der Waals surface area contributed by atoms with Crippen LogP contribution in [0.15, 0.2) is 29.2 Å². The number of sulfone groups is 1. The normalized spacial score (nSPS) is 14.6. The summed E-state index contributed by atoms with van der Waals surface area (Å²) in [7, 11) is -3.30. The molecule has 0 amide bonds. The van der Waals surface area contributed by atoms with Crippen LogP contribution in [0, 0.1) is 5.92 Å². The lowest BCUT2D eigenvalue weighted by Crippen LogP contribution is -2.26. The molecule has 0 spiro atoms. The van der Waals surface area contributed by atoms with Crippen molar-refractivity contribution in [1.82, 2.24) is 4.89 Å². The monoisotopic (exact) mass is 321 g/mol. The summed E-state index contributed by atoms with van der Waals surface area (Å²) >= 11 is -2.44. The second kappa shape index (κ2) is 6.93. The van der Waals surface area contributed by atoms with Gasteiger partial charge in [-0.25, -0.2) is 12.6 Å². The standard InChI is InChI=1S/C11H15NO6S2/c1-8(11(13)18-12-19(14)15)6-9-4-3-5-10(7-9)20(2,16)17/h3-5,7-8,12H,6H2,1-2H3,(H,14,15). The summed E-state index contributed by atoms with van der Waals surface area (Å²) in [5, 5.41) is 0. The Morgan fingerprint density at radius 1 is 1.50 bits per heavy atom. The van der Waals surface area contributed by atoms with Crippen LogP contribution >= 0.6 is 0 Å². The maximum atomic E-state index is 11.5. The first-order chi connectivity index (χ1) is 9.20. The average Bonchev–Trinajstić information content (AvgIpc) is 2.35. The van der Waals surface area contributed by atoms with Gasteiger partial charge in [0.25, 0.3) is 11.3 Å². The largest absolute Gasteiger partial charge is 0.356 e. The number of rotatable bonds is 6. The third-order valence-corrected chi connectivity index (χ3v) is 3.82. The molecule has 2 N–H and O–H groups in total. The summed E-state index contributed by atoms with van der Waals surface area (Å²) in [6, 6.07) is 6.23. The van der Waals surface area contributed by atoms with Gasteiger partial charge in [0.2, 0.25) is 0 Å². The number of nitrogens with one attached hydrogen (secondary N) is 1. The Hall–Kier alpha value is -1.29. The summed E-state index contributed by atoms with van der Waals surface area (Å²) in [5.41, 5.74) is 0.655. The van der Waals surface area contributed by atoms with Crippen LogP contribution in [-0.4, -0.2) is 29.4 Å². The first-order valence-electron chi connectivity index (χ1n) is 5.56. The predicted molar refractivity (Wildman–Crippen MR) is 72.4 cm³/mol. The van der Waals surface area contributed by atoms with E-state index in [1.807, 2.05) is 0 Å². The van der Waals surface area contributed by atoms with Crippen LogP contribution in [-0.2, 0) is 37.2 Å². The fourth-order valence-corrected chi connectivity index (χ4v) is 2.36. The number of carbonyl (C=O) groups is 1. The van der Waals surface area contributed by atoms with Gasteiger partial charge in [-0.3, -0.25) is 9.35 Å². The van der Waals surface area contributed by atoms with E-state index in [1.54, 1.807) is 23.9 Å². The summed E-state index contributed by atoms with van der Waals surface area (Å²) in [5.74, 6) is -1.31. The van der Waals surface area contributed by atoms with Gasteiger partial charge < -0.3 is 4.84 Å². The van der Waals surface area contributed by atoms with Crippen molar-refractivity contribution < 1.29 is 26.8 Å². The zero-order chi connectivity index (χ0) is 15.3. The van der Waals surface area contributed by atoms with Crippen LogP contribution in [0.4, 0.5) is 0 Å². The van der Waals surface area contributed by atoms with E-state index in [1.165, 1.54) is 12.1 Å². The van der Waals surface area contributed by atoms with Crippen LogP contribution in [0.25, 0.3) is 0 Å². The highest BCUT2D eigenvalue weighted by Gasteiger charge is 2.17. The first-order valence-corrected chi connectivity index (χ1v) is 8.56. The third-order valence-electron chi connectivity index (χ3n) is 2.48. The molecule has 0 bridgehead atoms.